The van der Waals surface area contributed by atoms with E-state index >= 15 is 0 Å². The average molecular weight is 420 g/mol. The van der Waals surface area contributed by atoms with Gasteiger partial charge in [-0.2, -0.15) is 0 Å². The number of anilines is 1. The minimum Gasteiger partial charge on any atom is -0.497 e. The molecule has 1 aromatic heterocycles. The Balaban J connectivity index is 1.56. The number of ether oxygens (including phenoxy) is 3. The molecule has 2 amide bonds. The van der Waals surface area contributed by atoms with Crippen LogP contribution in [0.2, 0.25) is 0 Å². The Morgan fingerprint density at radius 1 is 1.07 bits per heavy atom. The summed E-state index contributed by atoms with van der Waals surface area (Å²) in [5, 5.41) is 4.57. The molecule has 0 atom stereocenters. The lowest BCUT2D eigenvalue weighted by Crippen LogP contribution is -2.49. The first-order valence-corrected chi connectivity index (χ1v) is 10.1. The van der Waals surface area contributed by atoms with Gasteiger partial charge in [0, 0.05) is 38.3 Å². The molecule has 1 fully saturated rings. The summed E-state index contributed by atoms with van der Waals surface area (Å²) in [6.45, 7) is 3.38. The number of urea groups is 1. The summed E-state index contributed by atoms with van der Waals surface area (Å²) in [6, 6.07) is 7.24. The number of methoxy groups -OCH3 is 3. The lowest BCUT2D eigenvalue weighted by atomic mass is 10.1. The first kappa shape index (κ1) is 20.9. The lowest BCUT2D eigenvalue weighted by Gasteiger charge is -2.34. The summed E-state index contributed by atoms with van der Waals surface area (Å²) in [4.78, 5) is 28.8. The summed E-state index contributed by atoms with van der Waals surface area (Å²) in [6.07, 6.45) is 0. The zero-order chi connectivity index (χ0) is 20.8. The second-order valence-corrected chi connectivity index (χ2v) is 7.44. The van der Waals surface area contributed by atoms with Crippen LogP contribution in [0.15, 0.2) is 29.6 Å². The quantitative estimate of drug-likeness (QED) is 0.726. The van der Waals surface area contributed by atoms with Gasteiger partial charge in [0.2, 0.25) is 0 Å². The number of benzene rings is 1. The monoisotopic (exact) mass is 419 g/mol. The first-order chi connectivity index (χ1) is 14.0. The van der Waals surface area contributed by atoms with Crippen LogP contribution in [0.5, 0.6) is 11.5 Å². The Morgan fingerprint density at radius 3 is 2.48 bits per heavy atom. The number of esters is 1. The Morgan fingerprint density at radius 2 is 1.83 bits per heavy atom. The van der Waals surface area contributed by atoms with Crippen LogP contribution >= 0.6 is 11.3 Å². The van der Waals surface area contributed by atoms with E-state index in [2.05, 4.69) is 10.2 Å². The van der Waals surface area contributed by atoms with Gasteiger partial charge in [-0.1, -0.05) is 0 Å². The molecule has 1 aliphatic heterocycles. The van der Waals surface area contributed by atoms with Crippen molar-refractivity contribution in [3.8, 4) is 11.5 Å². The average Bonchev–Trinajstić information content (AvgIpc) is 3.21. The molecule has 1 aliphatic rings. The van der Waals surface area contributed by atoms with Gasteiger partial charge in [0.25, 0.3) is 0 Å². The maximum absolute atomic E-state index is 12.6. The van der Waals surface area contributed by atoms with Gasteiger partial charge < -0.3 is 24.4 Å². The lowest BCUT2D eigenvalue weighted by molar-refractivity contribution is 0.0607. The van der Waals surface area contributed by atoms with E-state index < -0.39 is 5.97 Å². The summed E-state index contributed by atoms with van der Waals surface area (Å²) < 4.78 is 15.5. The van der Waals surface area contributed by atoms with E-state index in [9.17, 15) is 9.59 Å². The maximum Gasteiger partial charge on any atom is 0.350 e. The standard InChI is InChI=1S/C20H25N3O5S/c1-26-15-4-5-17(27-2)14(12-15)13-22-7-9-23(10-8-22)20(25)21-16-6-11-29-18(16)19(24)28-3/h4-6,11-12H,7-10,13H2,1-3H3,(H,21,25). The van der Waals surface area contributed by atoms with Gasteiger partial charge in [0.05, 0.1) is 27.0 Å². The summed E-state index contributed by atoms with van der Waals surface area (Å²) >= 11 is 1.24. The highest BCUT2D eigenvalue weighted by molar-refractivity contribution is 7.12. The molecule has 1 N–H and O–H groups in total. The number of hydrogen-bond donors (Lipinski definition) is 1. The molecule has 9 heteroatoms. The SMILES string of the molecule is COC(=O)c1sccc1NC(=O)N1CCN(Cc2cc(OC)ccc2OC)CC1. The number of carbonyl (C=O) groups excluding carboxylic acids is 2. The van der Waals surface area contributed by atoms with Gasteiger partial charge in [-0.25, -0.2) is 9.59 Å². The molecule has 8 nitrogen and oxygen atoms in total. The van der Waals surface area contributed by atoms with Crippen molar-refractivity contribution in [2.75, 3.05) is 52.8 Å². The van der Waals surface area contributed by atoms with E-state index in [1.165, 1.54) is 18.4 Å². The molecule has 2 heterocycles. The van der Waals surface area contributed by atoms with Crippen LogP contribution in [0.3, 0.4) is 0 Å². The number of hydrogen-bond acceptors (Lipinski definition) is 7. The van der Waals surface area contributed by atoms with Crippen molar-refractivity contribution >= 4 is 29.0 Å². The number of thiophene rings is 1. The third kappa shape index (κ3) is 4.99. The highest BCUT2D eigenvalue weighted by Crippen LogP contribution is 2.26. The smallest absolute Gasteiger partial charge is 0.350 e. The van der Waals surface area contributed by atoms with E-state index in [0.29, 0.717) is 30.2 Å². The molecule has 0 bridgehead atoms. The topological polar surface area (TPSA) is 80.3 Å². The van der Waals surface area contributed by atoms with Crippen molar-refractivity contribution < 1.29 is 23.8 Å². The van der Waals surface area contributed by atoms with Crippen LogP contribution in [0.1, 0.15) is 15.2 Å². The van der Waals surface area contributed by atoms with Crippen molar-refractivity contribution in [2.45, 2.75) is 6.54 Å². The Kier molecular flexibility index (Phi) is 6.95. The zero-order valence-corrected chi connectivity index (χ0v) is 17.6. The number of piperazine rings is 1. The molecule has 3 rings (SSSR count). The van der Waals surface area contributed by atoms with Crippen LogP contribution in [0.4, 0.5) is 10.5 Å². The van der Waals surface area contributed by atoms with Crippen LogP contribution in [0, 0.1) is 0 Å². The van der Waals surface area contributed by atoms with E-state index in [-0.39, 0.29) is 6.03 Å². The van der Waals surface area contributed by atoms with Crippen molar-refractivity contribution in [3.63, 3.8) is 0 Å². The van der Waals surface area contributed by atoms with Gasteiger partial charge in [0.1, 0.15) is 16.4 Å². The molecule has 0 saturated carbocycles. The number of amides is 2. The highest BCUT2D eigenvalue weighted by atomic mass is 32.1. The van der Waals surface area contributed by atoms with Crippen molar-refractivity contribution in [2.24, 2.45) is 0 Å². The zero-order valence-electron chi connectivity index (χ0n) is 16.8. The summed E-state index contributed by atoms with van der Waals surface area (Å²) in [5.74, 6) is 1.15. The van der Waals surface area contributed by atoms with Crippen LogP contribution in [-0.2, 0) is 11.3 Å². The van der Waals surface area contributed by atoms with Gasteiger partial charge in [-0.15, -0.1) is 11.3 Å². The van der Waals surface area contributed by atoms with E-state index in [4.69, 9.17) is 14.2 Å². The van der Waals surface area contributed by atoms with Crippen molar-refractivity contribution in [1.82, 2.24) is 9.80 Å². The molecule has 2 aromatic rings. The molecular weight excluding hydrogens is 394 g/mol. The second-order valence-electron chi connectivity index (χ2n) is 6.53. The molecule has 0 spiro atoms. The Labute approximate surface area is 174 Å². The van der Waals surface area contributed by atoms with Crippen LogP contribution in [0.25, 0.3) is 0 Å². The Bertz CT molecular complexity index is 862. The predicted octanol–water partition coefficient (Wildman–Crippen LogP) is 2.90. The number of nitrogens with one attached hydrogen (secondary N) is 1. The molecule has 1 saturated heterocycles. The van der Waals surface area contributed by atoms with Crippen LogP contribution < -0.4 is 14.8 Å². The molecule has 0 aliphatic carbocycles. The summed E-state index contributed by atoms with van der Waals surface area (Å²) in [7, 11) is 4.62. The van der Waals surface area contributed by atoms with Gasteiger partial charge in [-0.05, 0) is 29.6 Å². The fourth-order valence-electron chi connectivity index (χ4n) is 3.21. The third-order valence-electron chi connectivity index (χ3n) is 4.82. The first-order valence-electron chi connectivity index (χ1n) is 9.20. The Hall–Kier alpha value is -2.78. The highest BCUT2D eigenvalue weighted by Gasteiger charge is 2.24. The third-order valence-corrected chi connectivity index (χ3v) is 5.71. The molecule has 0 radical (unpaired) electrons. The van der Waals surface area contributed by atoms with Crippen molar-refractivity contribution in [3.05, 3.63) is 40.1 Å². The molecule has 29 heavy (non-hydrogen) atoms. The van der Waals surface area contributed by atoms with E-state index in [1.807, 2.05) is 18.2 Å². The van der Waals surface area contributed by atoms with Crippen molar-refractivity contribution in [1.29, 1.82) is 0 Å². The number of carbonyl (C=O) groups is 2. The fraction of sp³-hybridized carbons (Fsp3) is 0.400. The van der Waals surface area contributed by atoms with Gasteiger partial charge in [0.15, 0.2) is 0 Å². The number of nitrogens with zero attached hydrogens (tertiary/aromatic N) is 2. The molecule has 1 aromatic carbocycles. The summed E-state index contributed by atoms with van der Waals surface area (Å²) in [5.41, 5.74) is 1.53. The van der Waals surface area contributed by atoms with Gasteiger partial charge >= 0.3 is 12.0 Å². The largest absolute Gasteiger partial charge is 0.497 e. The van der Waals surface area contributed by atoms with Crippen LogP contribution in [-0.4, -0.2) is 69.3 Å². The minimum absolute atomic E-state index is 0.216. The normalized spacial score (nSPS) is 14.4. The number of rotatable bonds is 6. The van der Waals surface area contributed by atoms with Gasteiger partial charge in [-0.3, -0.25) is 4.90 Å². The van der Waals surface area contributed by atoms with E-state index in [1.54, 1.807) is 30.6 Å². The molecule has 0 unspecified atom stereocenters. The van der Waals surface area contributed by atoms with E-state index in [0.717, 1.165) is 30.2 Å². The molecular formula is C20H25N3O5S. The molecule has 156 valence electrons. The second kappa shape index (κ2) is 9.62. The predicted molar refractivity (Wildman–Crippen MR) is 111 cm³/mol. The maximum atomic E-state index is 12.6. The minimum atomic E-state index is -0.452. The fourth-order valence-corrected chi connectivity index (χ4v) is 3.97.